The molecule has 0 unspecified atom stereocenters. The Morgan fingerprint density at radius 1 is 1.40 bits per heavy atom. The van der Waals surface area contributed by atoms with Crippen molar-refractivity contribution in [1.82, 2.24) is 8.61 Å². The number of morpholine rings is 1. The highest BCUT2D eigenvalue weighted by Crippen LogP contribution is 2.25. The third kappa shape index (κ3) is 2.50. The van der Waals surface area contributed by atoms with Gasteiger partial charge in [-0.05, 0) is 20.8 Å². The molecule has 5 nitrogen and oxygen atoms in total. The molecule has 15 heavy (non-hydrogen) atoms. The zero-order valence-electron chi connectivity index (χ0n) is 10.0. The third-order valence-electron chi connectivity index (χ3n) is 2.56. The van der Waals surface area contributed by atoms with Crippen LogP contribution in [0.2, 0.25) is 0 Å². The van der Waals surface area contributed by atoms with E-state index in [9.17, 15) is 8.42 Å². The average molecular weight is 236 g/mol. The molecule has 0 aromatic carbocycles. The summed E-state index contributed by atoms with van der Waals surface area (Å²) in [5.41, 5.74) is -0.477. The van der Waals surface area contributed by atoms with Gasteiger partial charge in [-0.25, -0.2) is 0 Å². The van der Waals surface area contributed by atoms with Gasteiger partial charge >= 0.3 is 0 Å². The lowest BCUT2D eigenvalue weighted by atomic mass is 10.1. The van der Waals surface area contributed by atoms with E-state index in [2.05, 4.69) is 0 Å². The second-order valence-electron chi connectivity index (χ2n) is 4.76. The van der Waals surface area contributed by atoms with Gasteiger partial charge in [0.1, 0.15) is 0 Å². The molecular formula is C9H20N2O3S. The Morgan fingerprint density at radius 3 is 2.40 bits per heavy atom. The quantitative estimate of drug-likeness (QED) is 0.692. The Balaban J connectivity index is 3.00. The topological polar surface area (TPSA) is 49.9 Å². The molecule has 1 saturated heterocycles. The lowest BCUT2D eigenvalue weighted by molar-refractivity contribution is -0.0566. The highest BCUT2D eigenvalue weighted by atomic mass is 32.2. The predicted octanol–water partition coefficient (Wildman–Crippen LogP) is 0.292. The molecule has 0 bridgehead atoms. The monoisotopic (exact) mass is 236 g/mol. The lowest BCUT2D eigenvalue weighted by Crippen LogP contribution is -2.60. The molecule has 1 aliphatic rings. The minimum Gasteiger partial charge on any atom is -0.375 e. The summed E-state index contributed by atoms with van der Waals surface area (Å²) in [6, 6.07) is 0. The molecule has 0 N–H and O–H groups in total. The normalized spacial score (nSPS) is 28.3. The highest BCUT2D eigenvalue weighted by molar-refractivity contribution is 7.86. The van der Waals surface area contributed by atoms with E-state index >= 15 is 0 Å². The summed E-state index contributed by atoms with van der Waals surface area (Å²) >= 11 is 0. The van der Waals surface area contributed by atoms with Gasteiger partial charge in [-0.2, -0.15) is 17.0 Å². The molecule has 0 aliphatic carbocycles. The number of nitrogens with zero attached hydrogens (tertiary/aromatic N) is 2. The van der Waals surface area contributed by atoms with Crippen LogP contribution in [0.15, 0.2) is 0 Å². The van der Waals surface area contributed by atoms with Gasteiger partial charge in [0.05, 0.1) is 18.2 Å². The predicted molar refractivity (Wildman–Crippen MR) is 58.8 cm³/mol. The maximum absolute atomic E-state index is 12.0. The largest absolute Gasteiger partial charge is 0.375 e. The first-order valence-electron chi connectivity index (χ1n) is 5.00. The second kappa shape index (κ2) is 4.01. The summed E-state index contributed by atoms with van der Waals surface area (Å²) in [4.78, 5) is 0. The fourth-order valence-corrected chi connectivity index (χ4v) is 3.02. The first-order valence-corrected chi connectivity index (χ1v) is 6.39. The summed E-state index contributed by atoms with van der Waals surface area (Å²) < 4.78 is 32.3. The van der Waals surface area contributed by atoms with E-state index in [1.165, 1.54) is 8.61 Å². The van der Waals surface area contributed by atoms with Crippen molar-refractivity contribution >= 4 is 10.2 Å². The van der Waals surface area contributed by atoms with Gasteiger partial charge in [0, 0.05) is 20.6 Å². The zero-order chi connectivity index (χ0) is 11.9. The van der Waals surface area contributed by atoms with Crippen LogP contribution in [0.3, 0.4) is 0 Å². The maximum Gasteiger partial charge on any atom is 0.282 e. The smallest absolute Gasteiger partial charge is 0.282 e. The van der Waals surface area contributed by atoms with Gasteiger partial charge < -0.3 is 4.74 Å². The summed E-state index contributed by atoms with van der Waals surface area (Å²) in [6.07, 6.45) is -0.0484. The third-order valence-corrected chi connectivity index (χ3v) is 4.68. The van der Waals surface area contributed by atoms with Crippen LogP contribution in [0.1, 0.15) is 20.8 Å². The van der Waals surface area contributed by atoms with Gasteiger partial charge in [0.25, 0.3) is 10.2 Å². The summed E-state index contributed by atoms with van der Waals surface area (Å²) in [5.74, 6) is 0. The highest BCUT2D eigenvalue weighted by Gasteiger charge is 2.41. The number of hydrogen-bond donors (Lipinski definition) is 0. The summed E-state index contributed by atoms with van der Waals surface area (Å²) in [6.45, 7) is 6.47. The van der Waals surface area contributed by atoms with Gasteiger partial charge in [0.2, 0.25) is 0 Å². The standard InChI is InChI=1S/C9H20N2O3S/c1-8-6-11(9(2,3)7-14-8)15(12,13)10(4)5/h8H,6-7H2,1-5H3/t8-/m0/s1. The summed E-state index contributed by atoms with van der Waals surface area (Å²) in [5, 5.41) is 0. The molecule has 0 amide bonds. The van der Waals surface area contributed by atoms with Crippen molar-refractivity contribution in [3.05, 3.63) is 0 Å². The average Bonchev–Trinajstić information content (AvgIpc) is 2.09. The molecule has 1 aliphatic heterocycles. The van der Waals surface area contributed by atoms with Crippen molar-refractivity contribution < 1.29 is 13.2 Å². The molecule has 1 atom stereocenters. The van der Waals surface area contributed by atoms with E-state index in [1.54, 1.807) is 14.1 Å². The maximum atomic E-state index is 12.0. The molecule has 1 fully saturated rings. The molecular weight excluding hydrogens is 216 g/mol. The van der Waals surface area contributed by atoms with E-state index < -0.39 is 15.7 Å². The molecule has 6 heteroatoms. The van der Waals surface area contributed by atoms with E-state index in [-0.39, 0.29) is 6.10 Å². The van der Waals surface area contributed by atoms with Crippen molar-refractivity contribution in [2.24, 2.45) is 0 Å². The van der Waals surface area contributed by atoms with Crippen LogP contribution in [0.4, 0.5) is 0 Å². The minimum absolute atomic E-state index is 0.0484. The van der Waals surface area contributed by atoms with Crippen LogP contribution < -0.4 is 0 Å². The Morgan fingerprint density at radius 2 is 1.93 bits per heavy atom. The van der Waals surface area contributed by atoms with Gasteiger partial charge in [-0.1, -0.05) is 0 Å². The Labute approximate surface area is 92.2 Å². The Kier molecular flexibility index (Phi) is 3.45. The lowest BCUT2D eigenvalue weighted by Gasteiger charge is -2.44. The van der Waals surface area contributed by atoms with Crippen molar-refractivity contribution in [1.29, 1.82) is 0 Å². The zero-order valence-corrected chi connectivity index (χ0v) is 10.8. The number of ether oxygens (including phenoxy) is 1. The Hall–Kier alpha value is -0.170. The van der Waals surface area contributed by atoms with Crippen molar-refractivity contribution in [2.75, 3.05) is 27.2 Å². The van der Waals surface area contributed by atoms with E-state index in [1.807, 2.05) is 20.8 Å². The van der Waals surface area contributed by atoms with Gasteiger partial charge in [-0.3, -0.25) is 0 Å². The molecule has 1 rings (SSSR count). The first-order chi connectivity index (χ1) is 6.68. The Bertz CT molecular complexity index is 324. The van der Waals surface area contributed by atoms with Crippen molar-refractivity contribution in [3.8, 4) is 0 Å². The molecule has 0 aromatic heterocycles. The fourth-order valence-electron chi connectivity index (χ4n) is 1.56. The number of rotatable bonds is 2. The first kappa shape index (κ1) is 12.9. The van der Waals surface area contributed by atoms with Crippen LogP contribution in [-0.4, -0.2) is 55.9 Å². The number of hydrogen-bond acceptors (Lipinski definition) is 3. The van der Waals surface area contributed by atoms with E-state index in [0.717, 1.165) is 0 Å². The molecule has 0 aromatic rings. The van der Waals surface area contributed by atoms with Crippen LogP contribution in [-0.2, 0) is 14.9 Å². The molecule has 0 saturated carbocycles. The van der Waals surface area contributed by atoms with Crippen LogP contribution in [0.5, 0.6) is 0 Å². The fraction of sp³-hybridized carbons (Fsp3) is 1.00. The SMILES string of the molecule is C[C@H]1CN(S(=O)(=O)N(C)C)C(C)(C)CO1. The molecule has 1 heterocycles. The van der Waals surface area contributed by atoms with Crippen LogP contribution >= 0.6 is 0 Å². The molecule has 0 spiro atoms. The van der Waals surface area contributed by atoms with Gasteiger partial charge in [0.15, 0.2) is 0 Å². The van der Waals surface area contributed by atoms with Crippen LogP contribution in [0, 0.1) is 0 Å². The van der Waals surface area contributed by atoms with Crippen molar-refractivity contribution in [3.63, 3.8) is 0 Å². The van der Waals surface area contributed by atoms with Gasteiger partial charge in [-0.15, -0.1) is 0 Å². The molecule has 0 radical (unpaired) electrons. The molecule has 90 valence electrons. The van der Waals surface area contributed by atoms with E-state index in [0.29, 0.717) is 13.2 Å². The van der Waals surface area contributed by atoms with Crippen molar-refractivity contribution in [2.45, 2.75) is 32.4 Å². The minimum atomic E-state index is -3.35. The van der Waals surface area contributed by atoms with Crippen LogP contribution in [0.25, 0.3) is 0 Å². The van der Waals surface area contributed by atoms with E-state index in [4.69, 9.17) is 4.74 Å². The second-order valence-corrected chi connectivity index (χ2v) is 6.82. The summed E-state index contributed by atoms with van der Waals surface area (Å²) in [7, 11) is -0.260.